The van der Waals surface area contributed by atoms with E-state index in [2.05, 4.69) is 14.9 Å². The smallest absolute Gasteiger partial charge is 0.248 e. The number of hydrogen-bond acceptors (Lipinski definition) is 4. The van der Waals surface area contributed by atoms with Crippen molar-refractivity contribution >= 4 is 12.3 Å². The van der Waals surface area contributed by atoms with Gasteiger partial charge in [0.15, 0.2) is 0 Å². The number of hydrogen-bond donors (Lipinski definition) is 1. The number of nitrogens with one attached hydrogen (secondary N) is 1. The summed E-state index contributed by atoms with van der Waals surface area (Å²) >= 11 is 0. The number of carbonyl (C=O) groups is 2. The third-order valence-corrected chi connectivity index (χ3v) is 3.84. The highest BCUT2D eigenvalue weighted by molar-refractivity contribution is 5.90. The predicted molar refractivity (Wildman–Crippen MR) is 87.6 cm³/mol. The first-order valence-corrected chi connectivity index (χ1v) is 7.59. The van der Waals surface area contributed by atoms with Gasteiger partial charge in [-0.05, 0) is 26.0 Å². The van der Waals surface area contributed by atoms with Gasteiger partial charge in [-0.2, -0.15) is 0 Å². The molecule has 6 heteroatoms. The molecule has 1 aromatic carbocycles. The number of imide groups is 1. The summed E-state index contributed by atoms with van der Waals surface area (Å²) in [6, 6.07) is 8.99. The zero-order valence-corrected chi connectivity index (χ0v) is 13.5. The van der Waals surface area contributed by atoms with Crippen molar-refractivity contribution in [1.29, 1.82) is 0 Å². The minimum Gasteiger partial charge on any atom is -0.335 e. The van der Waals surface area contributed by atoms with Crippen molar-refractivity contribution in [3.8, 4) is 0 Å². The van der Waals surface area contributed by atoms with E-state index in [9.17, 15) is 9.59 Å². The average Bonchev–Trinajstić information content (AvgIpc) is 2.94. The largest absolute Gasteiger partial charge is 0.335 e. The summed E-state index contributed by atoms with van der Waals surface area (Å²) in [5.41, 5.74) is 1.99. The Hall–Kier alpha value is -2.47. The van der Waals surface area contributed by atoms with Gasteiger partial charge in [0.25, 0.3) is 0 Å². The SMILES string of the molecule is Cc1cncn1CCCN(C)C(C(=O)NC=O)c1ccccc1. The highest BCUT2D eigenvalue weighted by atomic mass is 16.2. The van der Waals surface area contributed by atoms with Crippen LogP contribution in [0.25, 0.3) is 0 Å². The first kappa shape index (κ1) is 16.9. The summed E-state index contributed by atoms with van der Waals surface area (Å²) in [6.07, 6.45) is 4.95. The minimum atomic E-state index is -0.481. The fraction of sp³-hybridized carbons (Fsp3) is 0.353. The molecule has 0 radical (unpaired) electrons. The quantitative estimate of drug-likeness (QED) is 0.750. The number of nitrogens with zero attached hydrogens (tertiary/aromatic N) is 3. The van der Waals surface area contributed by atoms with Crippen LogP contribution < -0.4 is 5.32 Å². The molecule has 0 aliphatic carbocycles. The van der Waals surface area contributed by atoms with Crippen molar-refractivity contribution in [1.82, 2.24) is 19.8 Å². The molecule has 0 bridgehead atoms. The summed E-state index contributed by atoms with van der Waals surface area (Å²) < 4.78 is 2.08. The second kappa shape index (κ2) is 8.24. The summed E-state index contributed by atoms with van der Waals surface area (Å²) in [4.78, 5) is 28.9. The lowest BCUT2D eigenvalue weighted by Crippen LogP contribution is -2.38. The van der Waals surface area contributed by atoms with Crippen LogP contribution in [0, 0.1) is 6.92 Å². The second-order valence-corrected chi connectivity index (χ2v) is 5.50. The van der Waals surface area contributed by atoms with Crippen LogP contribution in [0.5, 0.6) is 0 Å². The number of benzene rings is 1. The molecular weight excluding hydrogens is 292 g/mol. The van der Waals surface area contributed by atoms with Crippen LogP contribution in [0.3, 0.4) is 0 Å². The van der Waals surface area contributed by atoms with Crippen molar-refractivity contribution in [3.05, 3.63) is 54.1 Å². The Kier molecular flexibility index (Phi) is 6.05. The molecule has 1 aromatic heterocycles. The highest BCUT2D eigenvalue weighted by Gasteiger charge is 2.24. The van der Waals surface area contributed by atoms with Gasteiger partial charge >= 0.3 is 0 Å². The van der Waals surface area contributed by atoms with Crippen molar-refractivity contribution in [2.45, 2.75) is 25.9 Å². The number of aromatic nitrogens is 2. The first-order valence-electron chi connectivity index (χ1n) is 7.59. The monoisotopic (exact) mass is 314 g/mol. The zero-order chi connectivity index (χ0) is 16.7. The Morgan fingerprint density at radius 1 is 1.39 bits per heavy atom. The van der Waals surface area contributed by atoms with Crippen molar-refractivity contribution in [2.75, 3.05) is 13.6 Å². The molecular formula is C17H22N4O2. The Balaban J connectivity index is 2.01. The average molecular weight is 314 g/mol. The second-order valence-electron chi connectivity index (χ2n) is 5.50. The van der Waals surface area contributed by atoms with Gasteiger partial charge < -0.3 is 4.57 Å². The maximum atomic E-state index is 12.2. The molecule has 0 fully saturated rings. The maximum absolute atomic E-state index is 12.2. The molecule has 0 saturated carbocycles. The van der Waals surface area contributed by atoms with Crippen LogP contribution in [0.4, 0.5) is 0 Å². The molecule has 23 heavy (non-hydrogen) atoms. The van der Waals surface area contributed by atoms with Crippen LogP contribution in [-0.4, -0.2) is 40.4 Å². The Morgan fingerprint density at radius 2 is 2.13 bits per heavy atom. The molecule has 1 N–H and O–H groups in total. The number of amides is 2. The molecule has 2 aromatic rings. The molecule has 1 heterocycles. The Labute approximate surface area is 136 Å². The molecule has 0 spiro atoms. The van der Waals surface area contributed by atoms with Gasteiger partial charge in [0.05, 0.1) is 6.33 Å². The molecule has 0 aliphatic heterocycles. The number of rotatable bonds is 8. The third kappa shape index (κ3) is 4.50. The van der Waals surface area contributed by atoms with Crippen LogP contribution in [0.15, 0.2) is 42.9 Å². The summed E-state index contributed by atoms with van der Waals surface area (Å²) in [5, 5.41) is 2.26. The van der Waals surface area contributed by atoms with E-state index in [0.29, 0.717) is 6.41 Å². The normalized spacial score (nSPS) is 12.1. The van der Waals surface area contributed by atoms with Crippen LogP contribution >= 0.6 is 0 Å². The van der Waals surface area contributed by atoms with Crippen LogP contribution in [-0.2, 0) is 16.1 Å². The van der Waals surface area contributed by atoms with E-state index in [1.54, 1.807) is 0 Å². The summed E-state index contributed by atoms with van der Waals surface area (Å²) in [5.74, 6) is -0.312. The molecule has 0 aliphatic rings. The van der Waals surface area contributed by atoms with E-state index in [1.807, 2.05) is 61.7 Å². The molecule has 6 nitrogen and oxygen atoms in total. The summed E-state index contributed by atoms with van der Waals surface area (Å²) in [6.45, 7) is 3.58. The van der Waals surface area contributed by atoms with E-state index >= 15 is 0 Å². The fourth-order valence-electron chi connectivity index (χ4n) is 2.62. The lowest BCUT2D eigenvalue weighted by Gasteiger charge is -2.26. The number of carbonyl (C=O) groups excluding carboxylic acids is 2. The molecule has 1 unspecified atom stereocenters. The molecule has 122 valence electrons. The van der Waals surface area contributed by atoms with Gasteiger partial charge in [-0.25, -0.2) is 4.98 Å². The zero-order valence-electron chi connectivity index (χ0n) is 13.5. The van der Waals surface area contributed by atoms with Crippen molar-refractivity contribution in [3.63, 3.8) is 0 Å². The van der Waals surface area contributed by atoms with Crippen molar-refractivity contribution < 1.29 is 9.59 Å². The van der Waals surface area contributed by atoms with Crippen LogP contribution in [0.2, 0.25) is 0 Å². The van der Waals surface area contributed by atoms with E-state index < -0.39 is 6.04 Å². The number of imidazole rings is 1. The van der Waals surface area contributed by atoms with E-state index in [4.69, 9.17) is 0 Å². The number of aryl methyl sites for hydroxylation is 2. The van der Waals surface area contributed by atoms with Crippen molar-refractivity contribution in [2.24, 2.45) is 0 Å². The molecule has 0 saturated heterocycles. The predicted octanol–water partition coefficient (Wildman–Crippen LogP) is 1.53. The lowest BCUT2D eigenvalue weighted by molar-refractivity contribution is -0.129. The van der Waals surface area contributed by atoms with E-state index in [0.717, 1.165) is 30.8 Å². The number of likely N-dealkylation sites (N-methyl/N-ethyl adjacent to an activating group) is 1. The van der Waals surface area contributed by atoms with Gasteiger partial charge in [0.1, 0.15) is 6.04 Å². The van der Waals surface area contributed by atoms with E-state index in [1.165, 1.54) is 0 Å². The molecule has 2 rings (SSSR count). The summed E-state index contributed by atoms with van der Waals surface area (Å²) in [7, 11) is 1.89. The van der Waals surface area contributed by atoms with Gasteiger partial charge in [-0.1, -0.05) is 30.3 Å². The van der Waals surface area contributed by atoms with E-state index in [-0.39, 0.29) is 5.91 Å². The fourth-order valence-corrected chi connectivity index (χ4v) is 2.62. The topological polar surface area (TPSA) is 67.2 Å². The standard InChI is InChI=1S/C17H22N4O2/c1-14-11-18-12-21(14)10-6-9-20(2)16(17(23)19-13-22)15-7-4-3-5-8-15/h3-5,7-8,11-13,16H,6,9-10H2,1-2H3,(H,19,22,23). The Bertz CT molecular complexity index is 639. The van der Waals surface area contributed by atoms with Gasteiger partial charge in [0, 0.05) is 25.0 Å². The lowest BCUT2D eigenvalue weighted by atomic mass is 10.0. The maximum Gasteiger partial charge on any atom is 0.248 e. The first-order chi connectivity index (χ1) is 11.1. The Morgan fingerprint density at radius 3 is 2.74 bits per heavy atom. The minimum absolute atomic E-state index is 0.312. The third-order valence-electron chi connectivity index (χ3n) is 3.84. The van der Waals surface area contributed by atoms with Gasteiger partial charge in [-0.15, -0.1) is 0 Å². The molecule has 1 atom stereocenters. The van der Waals surface area contributed by atoms with Gasteiger partial charge in [0.2, 0.25) is 12.3 Å². The van der Waals surface area contributed by atoms with Crippen LogP contribution in [0.1, 0.15) is 23.7 Å². The van der Waals surface area contributed by atoms with Gasteiger partial charge in [-0.3, -0.25) is 19.8 Å². The molecule has 2 amide bonds. The highest BCUT2D eigenvalue weighted by Crippen LogP contribution is 2.19.